The van der Waals surface area contributed by atoms with E-state index in [1.54, 1.807) is 31.3 Å². The van der Waals surface area contributed by atoms with E-state index in [-0.39, 0.29) is 23.4 Å². The topological polar surface area (TPSA) is 75.2 Å². The Balaban J connectivity index is 1.79. The fraction of sp³-hybridized carbons (Fsp3) is 0.333. The first-order chi connectivity index (χ1) is 10.9. The van der Waals surface area contributed by atoms with Crippen molar-refractivity contribution in [3.8, 4) is 0 Å². The molecule has 0 amide bonds. The number of aromatic nitrogens is 2. The quantitative estimate of drug-likeness (QED) is 0.920. The maximum absolute atomic E-state index is 13.7. The van der Waals surface area contributed by atoms with Crippen LogP contribution in [-0.2, 0) is 9.84 Å². The lowest BCUT2D eigenvalue weighted by Crippen LogP contribution is -2.33. The van der Waals surface area contributed by atoms with E-state index in [4.69, 9.17) is 0 Å². The molecule has 6 nitrogen and oxygen atoms in total. The van der Waals surface area contributed by atoms with Crippen LogP contribution in [0.25, 0.3) is 0 Å². The smallest absolute Gasteiger partial charge is 0.152 e. The zero-order chi connectivity index (χ0) is 16.4. The number of halogens is 1. The van der Waals surface area contributed by atoms with Crippen LogP contribution >= 0.6 is 0 Å². The molecular formula is C15H17FN4O2S. The van der Waals surface area contributed by atoms with E-state index < -0.39 is 9.84 Å². The Morgan fingerprint density at radius 3 is 2.78 bits per heavy atom. The van der Waals surface area contributed by atoms with E-state index in [2.05, 4.69) is 15.3 Å². The van der Waals surface area contributed by atoms with E-state index >= 15 is 0 Å². The molecule has 1 unspecified atom stereocenters. The van der Waals surface area contributed by atoms with E-state index in [1.807, 2.05) is 4.90 Å². The van der Waals surface area contributed by atoms with Crippen molar-refractivity contribution in [3.63, 3.8) is 0 Å². The Morgan fingerprint density at radius 2 is 2.09 bits per heavy atom. The zero-order valence-corrected chi connectivity index (χ0v) is 13.4. The van der Waals surface area contributed by atoms with Gasteiger partial charge in [-0.1, -0.05) is 12.1 Å². The van der Waals surface area contributed by atoms with Gasteiger partial charge in [0.15, 0.2) is 9.84 Å². The average Bonchev–Trinajstić information content (AvgIpc) is 2.89. The summed E-state index contributed by atoms with van der Waals surface area (Å²) < 4.78 is 36.9. The monoisotopic (exact) mass is 336 g/mol. The Morgan fingerprint density at radius 1 is 1.30 bits per heavy atom. The van der Waals surface area contributed by atoms with Crippen LogP contribution in [0.1, 0.15) is 6.42 Å². The summed E-state index contributed by atoms with van der Waals surface area (Å²) in [5, 5.41) is 2.90. The van der Waals surface area contributed by atoms with Crippen molar-refractivity contribution in [2.45, 2.75) is 12.5 Å². The maximum atomic E-state index is 13.7. The second kappa shape index (κ2) is 6.11. The number of hydrogen-bond donors (Lipinski definition) is 1. The van der Waals surface area contributed by atoms with Gasteiger partial charge in [-0.25, -0.2) is 22.8 Å². The van der Waals surface area contributed by atoms with Crippen LogP contribution in [0.4, 0.5) is 21.7 Å². The van der Waals surface area contributed by atoms with Gasteiger partial charge in [-0.3, -0.25) is 0 Å². The van der Waals surface area contributed by atoms with Crippen molar-refractivity contribution in [1.82, 2.24) is 9.97 Å². The molecule has 1 atom stereocenters. The summed E-state index contributed by atoms with van der Waals surface area (Å²) in [5.74, 6) is 1.01. The van der Waals surface area contributed by atoms with E-state index in [9.17, 15) is 12.8 Å². The van der Waals surface area contributed by atoms with E-state index in [0.717, 1.165) is 0 Å². The second-order valence-electron chi connectivity index (χ2n) is 5.53. The van der Waals surface area contributed by atoms with Crippen LogP contribution in [0.3, 0.4) is 0 Å². The highest BCUT2D eigenvalue weighted by Gasteiger charge is 2.31. The van der Waals surface area contributed by atoms with E-state index in [1.165, 1.54) is 12.4 Å². The van der Waals surface area contributed by atoms with Crippen molar-refractivity contribution in [2.75, 3.05) is 28.8 Å². The SMILES string of the molecule is CN(c1cc(Nc2ccccc2F)ncn1)C1CCS(=O)(=O)C1. The summed E-state index contributed by atoms with van der Waals surface area (Å²) in [7, 11) is -1.16. The third-order valence-electron chi connectivity index (χ3n) is 3.91. The molecule has 0 saturated carbocycles. The molecule has 2 aromatic rings. The summed E-state index contributed by atoms with van der Waals surface area (Å²) >= 11 is 0. The largest absolute Gasteiger partial charge is 0.355 e. The summed E-state index contributed by atoms with van der Waals surface area (Å²) in [5.41, 5.74) is 0.322. The van der Waals surface area contributed by atoms with Gasteiger partial charge >= 0.3 is 0 Å². The molecule has 0 spiro atoms. The molecule has 3 rings (SSSR count). The summed E-state index contributed by atoms with van der Waals surface area (Å²) in [6.45, 7) is 0. The first kappa shape index (κ1) is 15.7. The number of benzene rings is 1. The maximum Gasteiger partial charge on any atom is 0.152 e. The Hall–Kier alpha value is -2.22. The number of para-hydroxylation sites is 1. The van der Waals surface area contributed by atoms with Gasteiger partial charge in [0.2, 0.25) is 0 Å². The van der Waals surface area contributed by atoms with Crippen molar-refractivity contribution in [3.05, 3.63) is 42.5 Å². The van der Waals surface area contributed by atoms with Crippen molar-refractivity contribution in [2.24, 2.45) is 0 Å². The molecule has 122 valence electrons. The molecule has 1 aromatic heterocycles. The van der Waals surface area contributed by atoms with Gasteiger partial charge in [0.25, 0.3) is 0 Å². The minimum Gasteiger partial charge on any atom is -0.355 e. The minimum atomic E-state index is -2.96. The molecule has 2 heterocycles. The summed E-state index contributed by atoms with van der Waals surface area (Å²) in [6, 6.07) is 7.89. The van der Waals surface area contributed by atoms with Gasteiger partial charge in [0, 0.05) is 19.2 Å². The molecule has 1 N–H and O–H groups in total. The van der Waals surface area contributed by atoms with Gasteiger partial charge < -0.3 is 10.2 Å². The zero-order valence-electron chi connectivity index (χ0n) is 12.6. The van der Waals surface area contributed by atoms with Crippen LogP contribution in [0.15, 0.2) is 36.7 Å². The highest BCUT2D eigenvalue weighted by atomic mass is 32.2. The number of nitrogens with zero attached hydrogens (tertiary/aromatic N) is 3. The van der Waals surface area contributed by atoms with Gasteiger partial charge in [0.05, 0.1) is 17.2 Å². The molecule has 1 aliphatic rings. The van der Waals surface area contributed by atoms with Gasteiger partial charge in [-0.15, -0.1) is 0 Å². The third-order valence-corrected chi connectivity index (χ3v) is 5.66. The predicted molar refractivity (Wildman–Crippen MR) is 87.2 cm³/mol. The third kappa shape index (κ3) is 3.58. The van der Waals surface area contributed by atoms with Crippen molar-refractivity contribution in [1.29, 1.82) is 0 Å². The predicted octanol–water partition coefficient (Wildman–Crippen LogP) is 1.98. The summed E-state index contributed by atoms with van der Waals surface area (Å²) in [4.78, 5) is 10.1. The van der Waals surface area contributed by atoms with Crippen LogP contribution in [0.5, 0.6) is 0 Å². The molecule has 0 radical (unpaired) electrons. The number of anilines is 3. The molecule has 0 bridgehead atoms. The van der Waals surface area contributed by atoms with Gasteiger partial charge in [0.1, 0.15) is 23.8 Å². The van der Waals surface area contributed by atoms with Crippen LogP contribution in [0.2, 0.25) is 0 Å². The molecular weight excluding hydrogens is 319 g/mol. The van der Waals surface area contributed by atoms with Crippen molar-refractivity contribution >= 4 is 27.2 Å². The lowest BCUT2D eigenvalue weighted by atomic mass is 10.2. The molecule has 1 saturated heterocycles. The molecule has 8 heteroatoms. The van der Waals surface area contributed by atoms with E-state index in [0.29, 0.717) is 23.7 Å². The summed E-state index contributed by atoms with van der Waals surface area (Å²) in [6.07, 6.45) is 1.96. The molecule has 1 aromatic carbocycles. The van der Waals surface area contributed by atoms with Crippen LogP contribution < -0.4 is 10.2 Å². The second-order valence-corrected chi connectivity index (χ2v) is 7.76. The van der Waals surface area contributed by atoms with Crippen LogP contribution in [0, 0.1) is 5.82 Å². The van der Waals surface area contributed by atoms with Gasteiger partial charge in [-0.05, 0) is 18.6 Å². The van der Waals surface area contributed by atoms with Crippen LogP contribution in [-0.4, -0.2) is 43.0 Å². The highest BCUT2D eigenvalue weighted by Crippen LogP contribution is 2.24. The number of rotatable bonds is 4. The lowest BCUT2D eigenvalue weighted by Gasteiger charge is -2.24. The van der Waals surface area contributed by atoms with Gasteiger partial charge in [-0.2, -0.15) is 0 Å². The number of sulfone groups is 1. The number of nitrogens with one attached hydrogen (secondary N) is 1. The fourth-order valence-electron chi connectivity index (χ4n) is 2.58. The Kier molecular flexibility index (Phi) is 4.16. The Labute approximate surface area is 134 Å². The molecule has 0 aliphatic carbocycles. The van der Waals surface area contributed by atoms with Crippen molar-refractivity contribution < 1.29 is 12.8 Å². The molecule has 23 heavy (non-hydrogen) atoms. The standard InChI is InChI=1S/C15H17FN4O2S/c1-20(11-6-7-23(21,22)9-11)15-8-14(17-10-18-15)19-13-5-3-2-4-12(13)16/h2-5,8,10-11H,6-7,9H2,1H3,(H,17,18,19). The molecule has 1 aliphatic heterocycles. The minimum absolute atomic E-state index is 0.101. The molecule has 1 fully saturated rings. The normalized spacial score (nSPS) is 19.5. The highest BCUT2D eigenvalue weighted by molar-refractivity contribution is 7.91. The Bertz CT molecular complexity index is 813. The first-order valence-electron chi connectivity index (χ1n) is 7.21. The fourth-order valence-corrected chi connectivity index (χ4v) is 4.35. The lowest BCUT2D eigenvalue weighted by molar-refractivity contribution is 0.600. The average molecular weight is 336 g/mol. The number of hydrogen-bond acceptors (Lipinski definition) is 6. The first-order valence-corrected chi connectivity index (χ1v) is 9.03.